The molecule has 0 aliphatic heterocycles. The molecule has 3 nitrogen and oxygen atoms in total. The van der Waals surface area contributed by atoms with Crippen molar-refractivity contribution < 1.29 is 9.18 Å². The Balaban J connectivity index is 1.47. The minimum atomic E-state index is -0.352. The zero-order valence-electron chi connectivity index (χ0n) is 16.1. The Hall–Kier alpha value is -2.49. The monoisotopic (exact) mass is 376 g/mol. The van der Waals surface area contributed by atoms with Crippen molar-refractivity contribution in [3.8, 4) is 0 Å². The number of carbonyl (C=O) groups excluding carboxylic acids is 1. The van der Waals surface area contributed by atoms with Crippen molar-refractivity contribution >= 4 is 11.5 Å². The van der Waals surface area contributed by atoms with Crippen LogP contribution in [0.1, 0.15) is 65.6 Å². The molecule has 3 aliphatic rings. The number of fused-ring (bicyclic) bond motifs is 5. The number of rotatable bonds is 2. The molecule has 0 bridgehead atoms. The lowest BCUT2D eigenvalue weighted by Crippen LogP contribution is -2.41. The first kappa shape index (κ1) is 17.6. The summed E-state index contributed by atoms with van der Waals surface area (Å²) in [6, 6.07) is 7.64. The molecule has 1 aromatic heterocycles. The molecule has 1 saturated carbocycles. The van der Waals surface area contributed by atoms with Gasteiger partial charge >= 0.3 is 0 Å². The quantitative estimate of drug-likeness (QED) is 0.813. The molecule has 28 heavy (non-hydrogen) atoms. The second kappa shape index (κ2) is 6.26. The van der Waals surface area contributed by atoms with E-state index in [2.05, 4.69) is 24.1 Å². The van der Waals surface area contributed by atoms with Crippen molar-refractivity contribution in [2.75, 3.05) is 0 Å². The van der Waals surface area contributed by atoms with Crippen LogP contribution >= 0.6 is 0 Å². The SMILES string of the molecule is C[C@]12CC[C@@H]3c4ccc(C(N)=O)cc4CC[C@H]3[C@@H]1CC=C2c1cncc(F)c1. The second-order valence-corrected chi connectivity index (χ2v) is 8.89. The van der Waals surface area contributed by atoms with Crippen molar-refractivity contribution in [2.45, 2.75) is 44.9 Å². The number of primary amides is 1. The van der Waals surface area contributed by atoms with Crippen molar-refractivity contribution in [1.82, 2.24) is 4.98 Å². The van der Waals surface area contributed by atoms with Crippen molar-refractivity contribution in [1.29, 1.82) is 0 Å². The molecule has 2 aromatic rings. The number of aryl methyl sites for hydroxylation is 1. The molecule has 144 valence electrons. The number of hydrogen-bond acceptors (Lipinski definition) is 2. The van der Waals surface area contributed by atoms with Crippen LogP contribution in [0.5, 0.6) is 0 Å². The van der Waals surface area contributed by atoms with Gasteiger partial charge in [0.15, 0.2) is 0 Å². The van der Waals surface area contributed by atoms with E-state index in [1.54, 1.807) is 12.3 Å². The molecule has 5 rings (SSSR count). The molecular weight excluding hydrogens is 351 g/mol. The summed E-state index contributed by atoms with van der Waals surface area (Å²) in [6.07, 6.45) is 10.8. The number of halogens is 1. The van der Waals surface area contributed by atoms with Crippen LogP contribution in [0.3, 0.4) is 0 Å². The van der Waals surface area contributed by atoms with Gasteiger partial charge in [-0.1, -0.05) is 19.1 Å². The van der Waals surface area contributed by atoms with Gasteiger partial charge in [-0.05, 0) is 95.7 Å². The number of hydrogen-bond donors (Lipinski definition) is 1. The normalized spacial score (nSPS) is 30.8. The molecule has 1 amide bonds. The summed E-state index contributed by atoms with van der Waals surface area (Å²) in [7, 11) is 0. The topological polar surface area (TPSA) is 56.0 Å². The lowest BCUT2D eigenvalue weighted by atomic mass is 9.54. The van der Waals surface area contributed by atoms with E-state index in [0.717, 1.165) is 37.7 Å². The summed E-state index contributed by atoms with van der Waals surface area (Å²) in [5.74, 6) is 1.13. The van der Waals surface area contributed by atoms with Gasteiger partial charge in [-0.3, -0.25) is 9.78 Å². The van der Waals surface area contributed by atoms with Gasteiger partial charge in [0.1, 0.15) is 5.82 Å². The third kappa shape index (κ3) is 2.54. The van der Waals surface area contributed by atoms with Gasteiger partial charge in [0.2, 0.25) is 5.91 Å². The number of benzene rings is 1. The smallest absolute Gasteiger partial charge is 0.248 e. The van der Waals surface area contributed by atoms with E-state index in [4.69, 9.17) is 5.73 Å². The fraction of sp³-hybridized carbons (Fsp3) is 0.417. The third-order valence-electron chi connectivity index (χ3n) is 7.61. The Morgan fingerprint density at radius 3 is 2.89 bits per heavy atom. The first-order valence-corrected chi connectivity index (χ1v) is 10.2. The van der Waals surface area contributed by atoms with Crippen molar-refractivity contribution in [3.05, 3.63) is 70.8 Å². The molecule has 0 radical (unpaired) electrons. The lowest BCUT2D eigenvalue weighted by Gasteiger charge is -2.50. The maximum atomic E-state index is 13.8. The van der Waals surface area contributed by atoms with E-state index < -0.39 is 0 Å². The molecule has 3 aliphatic carbocycles. The van der Waals surface area contributed by atoms with E-state index in [0.29, 0.717) is 23.3 Å². The third-order valence-corrected chi connectivity index (χ3v) is 7.61. The molecule has 4 atom stereocenters. The van der Waals surface area contributed by atoms with Gasteiger partial charge in [0.25, 0.3) is 0 Å². The molecular formula is C24H25FN2O. The number of pyridine rings is 1. The number of allylic oxidation sites excluding steroid dienone is 2. The van der Waals surface area contributed by atoms with Gasteiger partial charge in [-0.2, -0.15) is 0 Å². The van der Waals surface area contributed by atoms with E-state index in [-0.39, 0.29) is 17.1 Å². The van der Waals surface area contributed by atoms with Gasteiger partial charge in [-0.15, -0.1) is 0 Å². The number of aromatic nitrogens is 1. The molecule has 2 N–H and O–H groups in total. The largest absolute Gasteiger partial charge is 0.366 e. The van der Waals surface area contributed by atoms with Crippen LogP contribution < -0.4 is 5.73 Å². The lowest BCUT2D eigenvalue weighted by molar-refractivity contribution is 0.0885. The van der Waals surface area contributed by atoms with Crippen LogP contribution in [0.2, 0.25) is 0 Å². The van der Waals surface area contributed by atoms with E-state index in [1.165, 1.54) is 22.9 Å². The van der Waals surface area contributed by atoms with Crippen LogP contribution in [0, 0.1) is 23.1 Å². The summed E-state index contributed by atoms with van der Waals surface area (Å²) >= 11 is 0. The first-order valence-electron chi connectivity index (χ1n) is 10.2. The summed E-state index contributed by atoms with van der Waals surface area (Å²) in [5, 5.41) is 0. The van der Waals surface area contributed by atoms with Gasteiger partial charge in [0, 0.05) is 11.8 Å². The Morgan fingerprint density at radius 1 is 1.25 bits per heavy atom. The van der Waals surface area contributed by atoms with Crippen molar-refractivity contribution in [3.63, 3.8) is 0 Å². The summed E-state index contributed by atoms with van der Waals surface area (Å²) in [5.41, 5.74) is 11.1. The van der Waals surface area contributed by atoms with Crippen LogP contribution in [-0.2, 0) is 6.42 Å². The summed E-state index contributed by atoms with van der Waals surface area (Å²) in [4.78, 5) is 15.6. The van der Waals surface area contributed by atoms with Crippen LogP contribution in [0.25, 0.3) is 5.57 Å². The first-order chi connectivity index (χ1) is 13.5. The van der Waals surface area contributed by atoms with Gasteiger partial charge in [-0.25, -0.2) is 4.39 Å². The highest BCUT2D eigenvalue weighted by Gasteiger charge is 2.51. The Kier molecular flexibility index (Phi) is 3.94. The molecule has 0 saturated heterocycles. The van der Waals surface area contributed by atoms with Gasteiger partial charge in [0.05, 0.1) is 6.20 Å². The van der Waals surface area contributed by atoms with E-state index in [9.17, 15) is 9.18 Å². The van der Waals surface area contributed by atoms with Gasteiger partial charge < -0.3 is 5.73 Å². The van der Waals surface area contributed by atoms with E-state index >= 15 is 0 Å². The zero-order valence-corrected chi connectivity index (χ0v) is 16.1. The number of amides is 1. The highest BCUT2D eigenvalue weighted by molar-refractivity contribution is 5.93. The maximum absolute atomic E-state index is 13.8. The van der Waals surface area contributed by atoms with Crippen LogP contribution in [-0.4, -0.2) is 10.9 Å². The summed E-state index contributed by atoms with van der Waals surface area (Å²) in [6.45, 7) is 2.36. The predicted octanol–water partition coefficient (Wildman–Crippen LogP) is 4.87. The minimum Gasteiger partial charge on any atom is -0.366 e. The molecule has 1 heterocycles. The Labute approximate surface area is 164 Å². The molecule has 0 spiro atoms. The number of nitrogens with zero attached hydrogens (tertiary/aromatic N) is 1. The Morgan fingerprint density at radius 2 is 2.11 bits per heavy atom. The highest BCUT2D eigenvalue weighted by Crippen LogP contribution is 2.63. The standard InChI is InChI=1S/C24H25FN2O/c1-24-9-8-19-18-4-3-15(23(26)28)10-14(18)2-5-20(19)22(24)7-6-21(24)16-11-17(25)13-27-12-16/h3-4,6,10-13,19-20,22H,2,5,7-9H2,1H3,(H2,26,28)/t19-,20-,22+,24-/m1/s1. The fourth-order valence-electron chi connectivity index (χ4n) is 6.31. The van der Waals surface area contributed by atoms with E-state index in [1.807, 2.05) is 12.1 Å². The van der Waals surface area contributed by atoms with Crippen LogP contribution in [0.4, 0.5) is 4.39 Å². The summed E-state index contributed by atoms with van der Waals surface area (Å²) < 4.78 is 13.8. The average molecular weight is 376 g/mol. The van der Waals surface area contributed by atoms with Crippen molar-refractivity contribution in [2.24, 2.45) is 23.0 Å². The molecule has 4 heteroatoms. The molecule has 1 aromatic carbocycles. The minimum absolute atomic E-state index is 0.0846. The number of carbonyl (C=O) groups is 1. The maximum Gasteiger partial charge on any atom is 0.248 e. The van der Waals surface area contributed by atoms with Crippen LogP contribution in [0.15, 0.2) is 42.7 Å². The molecule has 1 fully saturated rings. The fourth-order valence-corrected chi connectivity index (χ4v) is 6.31. The number of nitrogens with two attached hydrogens (primary N) is 1. The predicted molar refractivity (Wildman–Crippen MR) is 107 cm³/mol. The highest BCUT2D eigenvalue weighted by atomic mass is 19.1. The zero-order chi connectivity index (χ0) is 19.5. The average Bonchev–Trinajstić information content (AvgIpc) is 3.04. The second-order valence-electron chi connectivity index (χ2n) is 8.89. The molecule has 0 unspecified atom stereocenters. The Bertz CT molecular complexity index is 998.